The predicted molar refractivity (Wildman–Crippen MR) is 151 cm³/mol. The molecule has 0 aliphatic rings. The summed E-state index contributed by atoms with van der Waals surface area (Å²) in [4.78, 5) is 19.6. The second-order valence-corrected chi connectivity index (χ2v) is 10.5. The molecule has 0 saturated heterocycles. The molecule has 1 amide bonds. The molecule has 0 saturated carbocycles. The molecule has 1 aromatic heterocycles. The van der Waals surface area contributed by atoms with Crippen LogP contribution in [0.4, 0.5) is 37.8 Å². The maximum Gasteiger partial charge on any atom is 0.416 e. The number of pyridine rings is 1. The Hall–Kier alpha value is -4.34. The number of amides is 1. The average molecular weight is 586 g/mol. The Labute approximate surface area is 240 Å². The third kappa shape index (κ3) is 6.58. The summed E-state index contributed by atoms with van der Waals surface area (Å²) in [5.74, 6) is -0.190. The van der Waals surface area contributed by atoms with Crippen LogP contribution in [0.25, 0.3) is 11.1 Å². The van der Waals surface area contributed by atoms with Gasteiger partial charge in [0.1, 0.15) is 5.82 Å². The predicted octanol–water partition coefficient (Wildman–Crippen LogP) is 8.65. The first-order valence-electron chi connectivity index (χ1n) is 13.0. The summed E-state index contributed by atoms with van der Waals surface area (Å²) >= 11 is 0. The Morgan fingerprint density at radius 2 is 1.33 bits per heavy atom. The molecule has 42 heavy (non-hydrogen) atoms. The van der Waals surface area contributed by atoms with Crippen LogP contribution in [-0.2, 0) is 29.1 Å². The Morgan fingerprint density at radius 3 is 1.90 bits per heavy atom. The number of aryl methyl sites for hydroxylation is 1. The summed E-state index contributed by atoms with van der Waals surface area (Å²) in [5, 5.41) is 3.26. The van der Waals surface area contributed by atoms with Crippen LogP contribution in [0.3, 0.4) is 0 Å². The molecule has 4 nitrogen and oxygen atoms in total. The van der Waals surface area contributed by atoms with Gasteiger partial charge in [0, 0.05) is 19.2 Å². The van der Waals surface area contributed by atoms with Crippen molar-refractivity contribution in [3.05, 3.63) is 113 Å². The second kappa shape index (κ2) is 11.5. The molecule has 0 fully saturated rings. The lowest BCUT2D eigenvalue weighted by Gasteiger charge is -2.32. The molecular weight excluding hydrogens is 556 g/mol. The minimum Gasteiger partial charge on any atom is -0.366 e. The second-order valence-electron chi connectivity index (χ2n) is 10.5. The molecule has 0 spiro atoms. The van der Waals surface area contributed by atoms with Crippen LogP contribution in [0.2, 0.25) is 0 Å². The molecular formula is C32H29F6N3O. The van der Waals surface area contributed by atoms with E-state index in [-0.39, 0.29) is 6.07 Å². The highest BCUT2D eigenvalue weighted by Gasteiger charge is 2.41. The van der Waals surface area contributed by atoms with Gasteiger partial charge in [-0.25, -0.2) is 4.98 Å². The van der Waals surface area contributed by atoms with E-state index in [9.17, 15) is 31.1 Å². The molecule has 3 aromatic carbocycles. The zero-order valence-corrected chi connectivity index (χ0v) is 23.4. The van der Waals surface area contributed by atoms with E-state index in [1.807, 2.05) is 61.5 Å². The van der Waals surface area contributed by atoms with Crippen molar-refractivity contribution in [2.24, 2.45) is 0 Å². The van der Waals surface area contributed by atoms with Crippen LogP contribution in [0.1, 0.15) is 41.7 Å². The summed E-state index contributed by atoms with van der Waals surface area (Å²) < 4.78 is 81.4. The summed E-state index contributed by atoms with van der Waals surface area (Å²) in [6.45, 7) is 4.99. The number of rotatable bonds is 7. The lowest BCUT2D eigenvalue weighted by atomic mass is 9.81. The van der Waals surface area contributed by atoms with Crippen LogP contribution in [0.5, 0.6) is 0 Å². The van der Waals surface area contributed by atoms with E-state index in [0.717, 1.165) is 16.7 Å². The SMILES string of the molecule is Cc1ccccc1-c1cc(NCc2ccccc2)ncc1N(C)C(=O)C(C)(C)c1cc(C(F)(F)F)cc(C(F)(F)F)c1. The number of nitrogens with one attached hydrogen (secondary N) is 1. The van der Waals surface area contributed by atoms with Gasteiger partial charge >= 0.3 is 12.4 Å². The van der Waals surface area contributed by atoms with Gasteiger partial charge in [0.05, 0.1) is 28.4 Å². The maximum atomic E-state index is 13.9. The highest BCUT2D eigenvalue weighted by molar-refractivity contribution is 6.03. The number of carbonyl (C=O) groups is 1. The van der Waals surface area contributed by atoms with Crippen LogP contribution in [0, 0.1) is 6.92 Å². The van der Waals surface area contributed by atoms with Crippen LogP contribution in [0.15, 0.2) is 85.1 Å². The number of carbonyl (C=O) groups excluding carboxylic acids is 1. The van der Waals surface area contributed by atoms with Crippen molar-refractivity contribution >= 4 is 17.4 Å². The van der Waals surface area contributed by atoms with Gasteiger partial charge in [-0.05, 0) is 67.3 Å². The lowest BCUT2D eigenvalue weighted by Crippen LogP contribution is -2.42. The fraction of sp³-hybridized carbons (Fsp3) is 0.250. The summed E-state index contributed by atoms with van der Waals surface area (Å²) in [7, 11) is 1.43. The lowest BCUT2D eigenvalue weighted by molar-refractivity contribution is -0.143. The average Bonchev–Trinajstić information content (AvgIpc) is 2.95. The Bertz CT molecular complexity index is 1550. The zero-order chi connectivity index (χ0) is 30.9. The Kier molecular flexibility index (Phi) is 8.39. The molecule has 0 aliphatic heterocycles. The van der Waals surface area contributed by atoms with Crippen LogP contribution < -0.4 is 10.2 Å². The molecule has 1 N–H and O–H groups in total. The van der Waals surface area contributed by atoms with Crippen molar-refractivity contribution < 1.29 is 31.1 Å². The van der Waals surface area contributed by atoms with Crippen LogP contribution in [-0.4, -0.2) is 17.9 Å². The van der Waals surface area contributed by atoms with Gasteiger partial charge < -0.3 is 10.2 Å². The van der Waals surface area contributed by atoms with E-state index >= 15 is 0 Å². The van der Waals surface area contributed by atoms with Crippen molar-refractivity contribution in [3.63, 3.8) is 0 Å². The standard InChI is InChI=1S/C32H29F6N3O/c1-20-10-8-9-13-25(20)26-17-28(39-18-21-11-6-5-7-12-21)40-19-27(26)41(4)29(42)30(2,3)22-14-23(31(33,34)35)16-24(15-22)32(36,37)38/h5-17,19H,18H2,1-4H3,(H,39,40). The summed E-state index contributed by atoms with van der Waals surface area (Å²) in [6, 6.07) is 20.1. The van der Waals surface area contributed by atoms with Gasteiger partial charge in [-0.2, -0.15) is 26.3 Å². The van der Waals surface area contributed by atoms with Gasteiger partial charge in [0.2, 0.25) is 5.91 Å². The topological polar surface area (TPSA) is 45.2 Å². The monoisotopic (exact) mass is 585 g/mol. The van der Waals surface area contributed by atoms with Gasteiger partial charge in [-0.15, -0.1) is 0 Å². The van der Waals surface area contributed by atoms with Crippen molar-refractivity contribution in [2.75, 3.05) is 17.3 Å². The van der Waals surface area contributed by atoms with Gasteiger partial charge in [0.25, 0.3) is 0 Å². The molecule has 4 aromatic rings. The Balaban J connectivity index is 1.76. The maximum absolute atomic E-state index is 13.9. The molecule has 0 unspecified atom stereocenters. The molecule has 220 valence electrons. The van der Waals surface area contributed by atoms with Gasteiger partial charge in [-0.1, -0.05) is 54.6 Å². The molecule has 1 heterocycles. The number of likely N-dealkylation sites (N-methyl/N-ethyl adjacent to an activating group) is 1. The third-order valence-corrected chi connectivity index (χ3v) is 7.14. The largest absolute Gasteiger partial charge is 0.416 e. The summed E-state index contributed by atoms with van der Waals surface area (Å²) in [5.41, 5.74) is -1.47. The molecule has 0 radical (unpaired) electrons. The summed E-state index contributed by atoms with van der Waals surface area (Å²) in [6.07, 6.45) is -8.60. The molecule has 4 rings (SSSR count). The number of halogens is 6. The normalized spacial score (nSPS) is 12.2. The number of benzene rings is 3. The highest BCUT2D eigenvalue weighted by Crippen LogP contribution is 2.41. The van der Waals surface area contributed by atoms with Crippen LogP contribution >= 0.6 is 0 Å². The zero-order valence-electron chi connectivity index (χ0n) is 23.4. The quantitative estimate of drug-likeness (QED) is 0.221. The van der Waals surface area contributed by atoms with E-state index in [2.05, 4.69) is 10.3 Å². The van der Waals surface area contributed by atoms with E-state index in [1.165, 1.54) is 32.0 Å². The first-order chi connectivity index (χ1) is 19.6. The van der Waals surface area contributed by atoms with Crippen molar-refractivity contribution in [1.29, 1.82) is 0 Å². The number of hydrogen-bond donors (Lipinski definition) is 1. The van der Waals surface area contributed by atoms with Crippen molar-refractivity contribution in [2.45, 2.75) is 45.1 Å². The third-order valence-electron chi connectivity index (χ3n) is 7.14. The fourth-order valence-electron chi connectivity index (χ4n) is 4.66. The van der Waals surface area contributed by atoms with E-state index in [0.29, 0.717) is 35.7 Å². The van der Waals surface area contributed by atoms with Crippen molar-refractivity contribution in [1.82, 2.24) is 4.98 Å². The number of aromatic nitrogens is 1. The highest BCUT2D eigenvalue weighted by atomic mass is 19.4. The van der Waals surface area contributed by atoms with E-state index in [1.54, 1.807) is 6.07 Å². The number of alkyl halides is 6. The van der Waals surface area contributed by atoms with Crippen molar-refractivity contribution in [3.8, 4) is 11.1 Å². The van der Waals surface area contributed by atoms with E-state index in [4.69, 9.17) is 0 Å². The number of nitrogens with zero attached hydrogens (tertiary/aromatic N) is 2. The minimum absolute atomic E-state index is 0.0507. The van der Waals surface area contributed by atoms with Gasteiger partial charge in [-0.3, -0.25) is 4.79 Å². The first kappa shape index (κ1) is 30.6. The smallest absolute Gasteiger partial charge is 0.366 e. The molecule has 0 bridgehead atoms. The fourth-order valence-corrected chi connectivity index (χ4v) is 4.66. The molecule has 10 heteroatoms. The number of hydrogen-bond acceptors (Lipinski definition) is 3. The van der Waals surface area contributed by atoms with Gasteiger partial charge in [0.15, 0.2) is 0 Å². The minimum atomic E-state index is -5.04. The molecule has 0 atom stereocenters. The Morgan fingerprint density at radius 1 is 0.786 bits per heavy atom. The number of anilines is 2. The molecule has 0 aliphatic carbocycles. The van der Waals surface area contributed by atoms with E-state index < -0.39 is 40.4 Å². The first-order valence-corrected chi connectivity index (χ1v) is 13.0.